The van der Waals surface area contributed by atoms with Gasteiger partial charge in [0, 0.05) is 0 Å². The molecule has 1 fully saturated rings. The molecular formula is C18H26Zr. The van der Waals surface area contributed by atoms with Crippen molar-refractivity contribution in [1.29, 1.82) is 0 Å². The molecule has 1 atom stereocenters. The molecule has 0 heterocycles. The summed E-state index contributed by atoms with van der Waals surface area (Å²) in [4.78, 5) is 0. The van der Waals surface area contributed by atoms with Gasteiger partial charge in [0.15, 0.2) is 0 Å². The number of rotatable bonds is 3. The standard InChI is InChI=1S/C6H7.C6H11.C5H5.CH3.Zr/c1-6-4-2-3-5-6;1-2-4-6-5-3-1;1-2-4-5-3-1;;/h2,4H,3H2,1H3;1H,2-6H2;1-3H,4H2;1H3;. The van der Waals surface area contributed by atoms with E-state index in [2.05, 4.69) is 41.9 Å². The first-order valence-electron chi connectivity index (χ1n) is 7.96. The van der Waals surface area contributed by atoms with Gasteiger partial charge in [0.2, 0.25) is 0 Å². The van der Waals surface area contributed by atoms with E-state index in [0.29, 0.717) is 0 Å². The van der Waals surface area contributed by atoms with Crippen LogP contribution < -0.4 is 0 Å². The fraction of sp³-hybridized carbons (Fsp3) is 0.556. The van der Waals surface area contributed by atoms with E-state index in [1.165, 1.54) is 44.9 Å². The van der Waals surface area contributed by atoms with Crippen LogP contribution in [-0.4, -0.2) is 0 Å². The Labute approximate surface area is 122 Å². The maximum absolute atomic E-state index is 2.75. The van der Waals surface area contributed by atoms with Crippen LogP contribution in [0.2, 0.25) is 8.26 Å². The quantitative estimate of drug-likeness (QED) is 0.592. The van der Waals surface area contributed by atoms with Crippen LogP contribution in [0.3, 0.4) is 0 Å². The first kappa shape index (κ1) is 13.8. The topological polar surface area (TPSA) is 0 Å². The molecule has 3 rings (SSSR count). The van der Waals surface area contributed by atoms with E-state index >= 15 is 0 Å². The summed E-state index contributed by atoms with van der Waals surface area (Å²) in [6.45, 7) is 2.36. The molecule has 0 aliphatic heterocycles. The molecule has 0 aromatic rings. The average molecular weight is 334 g/mol. The van der Waals surface area contributed by atoms with Crippen LogP contribution in [0.5, 0.6) is 0 Å². The third-order valence-corrected chi connectivity index (χ3v) is 19.8. The summed E-state index contributed by atoms with van der Waals surface area (Å²) in [5.41, 5.74) is 1.62. The van der Waals surface area contributed by atoms with Crippen molar-refractivity contribution in [3.8, 4) is 0 Å². The summed E-state index contributed by atoms with van der Waals surface area (Å²) < 4.78 is 7.60. The van der Waals surface area contributed by atoms with E-state index in [0.717, 1.165) is 3.63 Å². The predicted molar refractivity (Wildman–Crippen MR) is 81.0 cm³/mol. The van der Waals surface area contributed by atoms with Gasteiger partial charge < -0.3 is 0 Å². The minimum atomic E-state index is -2.32. The summed E-state index contributed by atoms with van der Waals surface area (Å²) in [5.74, 6) is 0. The van der Waals surface area contributed by atoms with Crippen LogP contribution >= 0.6 is 0 Å². The predicted octanol–water partition coefficient (Wildman–Crippen LogP) is 6.02. The van der Waals surface area contributed by atoms with Crippen LogP contribution in [0.25, 0.3) is 0 Å². The van der Waals surface area contributed by atoms with Gasteiger partial charge >= 0.3 is 123 Å². The molecule has 3 aliphatic carbocycles. The van der Waals surface area contributed by atoms with Crippen LogP contribution in [-0.2, 0) is 20.3 Å². The molecule has 0 bridgehead atoms. The molecule has 1 unspecified atom stereocenters. The van der Waals surface area contributed by atoms with Gasteiger partial charge in [0.05, 0.1) is 0 Å². The van der Waals surface area contributed by atoms with E-state index in [9.17, 15) is 0 Å². The SMILES string of the molecule is CC1=[C]([Zr]([CH3])([C]2=CC=CC2)[CH]2CCCCC2)CC=C1. The molecule has 0 saturated heterocycles. The Morgan fingerprint density at radius 3 is 2.42 bits per heavy atom. The van der Waals surface area contributed by atoms with Gasteiger partial charge in [-0.3, -0.25) is 0 Å². The molecule has 0 aromatic carbocycles. The zero-order chi connectivity index (χ0) is 13.3. The second-order valence-electron chi connectivity index (χ2n) is 6.63. The molecule has 0 nitrogen and oxygen atoms in total. The van der Waals surface area contributed by atoms with E-state index in [4.69, 9.17) is 0 Å². The van der Waals surface area contributed by atoms with Crippen molar-refractivity contribution in [3.05, 3.63) is 42.5 Å². The van der Waals surface area contributed by atoms with Crippen molar-refractivity contribution in [2.24, 2.45) is 0 Å². The van der Waals surface area contributed by atoms with Crippen molar-refractivity contribution in [3.63, 3.8) is 0 Å². The second kappa shape index (κ2) is 5.68. The Morgan fingerprint density at radius 1 is 1.05 bits per heavy atom. The third-order valence-electron chi connectivity index (χ3n) is 5.65. The zero-order valence-electron chi connectivity index (χ0n) is 12.4. The zero-order valence-corrected chi connectivity index (χ0v) is 14.9. The minimum absolute atomic E-state index is 1.07. The van der Waals surface area contributed by atoms with Crippen molar-refractivity contribution in [2.75, 3.05) is 0 Å². The van der Waals surface area contributed by atoms with Gasteiger partial charge in [0.1, 0.15) is 0 Å². The molecule has 3 aliphatic rings. The first-order chi connectivity index (χ1) is 9.23. The number of hydrogen-bond acceptors (Lipinski definition) is 0. The molecule has 0 amide bonds. The summed E-state index contributed by atoms with van der Waals surface area (Å²) in [6.07, 6.45) is 22.0. The maximum atomic E-state index is 2.75. The summed E-state index contributed by atoms with van der Waals surface area (Å²) in [7, 11) is 0. The van der Waals surface area contributed by atoms with E-state index in [1.54, 1.807) is 5.57 Å². The summed E-state index contributed by atoms with van der Waals surface area (Å²) in [5, 5.41) is 0. The molecule has 0 radical (unpaired) electrons. The van der Waals surface area contributed by atoms with Gasteiger partial charge in [-0.05, 0) is 0 Å². The fourth-order valence-corrected chi connectivity index (χ4v) is 17.7. The molecule has 1 saturated carbocycles. The molecule has 0 N–H and O–H groups in total. The van der Waals surface area contributed by atoms with Gasteiger partial charge in [-0.25, -0.2) is 0 Å². The Balaban J connectivity index is 1.97. The summed E-state index contributed by atoms with van der Waals surface area (Å²) >= 11 is -2.32. The fourth-order valence-electron chi connectivity index (χ4n) is 4.45. The van der Waals surface area contributed by atoms with Gasteiger partial charge in [0.25, 0.3) is 0 Å². The Bertz CT molecular complexity index is 472. The summed E-state index contributed by atoms with van der Waals surface area (Å²) in [6, 6.07) is 0. The van der Waals surface area contributed by atoms with Crippen LogP contribution in [0.1, 0.15) is 51.9 Å². The number of hydrogen-bond donors (Lipinski definition) is 0. The Morgan fingerprint density at radius 2 is 1.84 bits per heavy atom. The Hall–Kier alpha value is -0.157. The molecule has 102 valence electrons. The molecule has 0 spiro atoms. The molecular weight excluding hydrogens is 307 g/mol. The van der Waals surface area contributed by atoms with Crippen LogP contribution in [0.4, 0.5) is 0 Å². The van der Waals surface area contributed by atoms with Crippen molar-refractivity contribution < 1.29 is 20.3 Å². The average Bonchev–Trinajstić information content (AvgIpc) is 3.10. The van der Waals surface area contributed by atoms with Gasteiger partial charge in [-0.1, -0.05) is 0 Å². The van der Waals surface area contributed by atoms with Crippen LogP contribution in [0, 0.1) is 0 Å². The monoisotopic (exact) mass is 332 g/mol. The molecule has 1 heteroatoms. The van der Waals surface area contributed by atoms with Crippen molar-refractivity contribution >= 4 is 0 Å². The van der Waals surface area contributed by atoms with Gasteiger partial charge in [-0.15, -0.1) is 0 Å². The normalized spacial score (nSPS) is 26.9. The van der Waals surface area contributed by atoms with Crippen LogP contribution in [0.15, 0.2) is 42.5 Å². The molecule has 19 heavy (non-hydrogen) atoms. The molecule has 0 aromatic heterocycles. The van der Waals surface area contributed by atoms with Gasteiger partial charge in [-0.2, -0.15) is 0 Å². The Kier molecular flexibility index (Phi) is 4.13. The first-order valence-corrected chi connectivity index (χ1v) is 14.3. The second-order valence-corrected chi connectivity index (χ2v) is 17.6. The van der Waals surface area contributed by atoms with Crippen molar-refractivity contribution in [1.82, 2.24) is 0 Å². The van der Waals surface area contributed by atoms with E-state index in [1.807, 2.05) is 6.56 Å². The third kappa shape index (κ3) is 2.44. The van der Waals surface area contributed by atoms with E-state index in [-0.39, 0.29) is 0 Å². The number of allylic oxidation sites excluding steroid dienone is 8. The van der Waals surface area contributed by atoms with Crippen molar-refractivity contribution in [2.45, 2.75) is 60.1 Å². The van der Waals surface area contributed by atoms with E-state index < -0.39 is 20.3 Å².